The Kier molecular flexibility index (Phi) is 6.29. The second kappa shape index (κ2) is 10.4. The summed E-state index contributed by atoms with van der Waals surface area (Å²) in [5, 5.41) is 1.25. The normalized spacial score (nSPS) is 14.2. The van der Waals surface area contributed by atoms with E-state index < -0.39 is 0 Å². The largest absolute Gasteiger partial charge is 0.343 e. The minimum atomic E-state index is 1.19. The topological polar surface area (TPSA) is 7.94 Å². The van der Waals surface area contributed by atoms with Crippen molar-refractivity contribution in [3.05, 3.63) is 174 Å². The fourth-order valence-corrected chi connectivity index (χ4v) is 6.24. The van der Waals surface area contributed by atoms with Gasteiger partial charge in [-0.2, -0.15) is 4.58 Å². The van der Waals surface area contributed by atoms with Crippen molar-refractivity contribution in [2.45, 2.75) is 0 Å². The number of para-hydroxylation sites is 2. The van der Waals surface area contributed by atoms with Crippen LogP contribution in [0.2, 0.25) is 0 Å². The molecular formula is C39H31N2+. The quantitative estimate of drug-likeness (QED) is 0.198. The van der Waals surface area contributed by atoms with Gasteiger partial charge in [0.25, 0.3) is 0 Å². The molecule has 0 amide bonds. The van der Waals surface area contributed by atoms with E-state index >= 15 is 0 Å². The van der Waals surface area contributed by atoms with Crippen LogP contribution >= 0.6 is 0 Å². The predicted octanol–water partition coefficient (Wildman–Crippen LogP) is 9.14. The molecule has 0 bridgehead atoms. The minimum absolute atomic E-state index is 1.19. The van der Waals surface area contributed by atoms with Gasteiger partial charge in [0.15, 0.2) is 0 Å². The zero-order chi connectivity index (χ0) is 27.8. The first-order valence-electron chi connectivity index (χ1n) is 14.1. The summed E-state index contributed by atoms with van der Waals surface area (Å²) in [5.74, 6) is 0. The number of fused-ring (bicyclic) bond motifs is 2. The maximum Gasteiger partial charge on any atom is 0.220 e. The lowest BCUT2D eigenvalue weighted by molar-refractivity contribution is -0.400. The molecule has 0 aliphatic carbocycles. The number of aromatic nitrogens is 1. The number of benzene rings is 5. The van der Waals surface area contributed by atoms with Gasteiger partial charge in [-0.3, -0.25) is 0 Å². The molecule has 1 aliphatic heterocycles. The number of allylic oxidation sites excluding steroid dienone is 3. The maximum absolute atomic E-state index is 2.34. The van der Waals surface area contributed by atoms with Crippen molar-refractivity contribution in [2.75, 3.05) is 7.05 Å². The van der Waals surface area contributed by atoms with Gasteiger partial charge < -0.3 is 4.57 Å². The number of nitrogens with zero attached hydrogens (tertiary/aromatic N) is 2. The summed E-state index contributed by atoms with van der Waals surface area (Å²) in [7, 11) is 4.35. The van der Waals surface area contributed by atoms with E-state index in [0.717, 1.165) is 0 Å². The van der Waals surface area contributed by atoms with Gasteiger partial charge in [0.05, 0.1) is 16.8 Å². The summed E-state index contributed by atoms with van der Waals surface area (Å²) in [5.41, 5.74) is 13.4. The summed E-state index contributed by atoms with van der Waals surface area (Å²) in [6, 6.07) is 49.7. The van der Waals surface area contributed by atoms with Crippen LogP contribution in [0.4, 0.5) is 5.69 Å². The van der Waals surface area contributed by atoms with Crippen LogP contribution < -0.4 is 0 Å². The number of aryl methyl sites for hydroxylation is 1. The molecule has 1 aliphatic rings. The zero-order valence-electron chi connectivity index (χ0n) is 23.3. The molecule has 2 nitrogen and oxygen atoms in total. The van der Waals surface area contributed by atoms with Crippen LogP contribution in [0, 0.1) is 0 Å². The molecule has 5 aromatic carbocycles. The zero-order valence-corrected chi connectivity index (χ0v) is 23.3. The first-order chi connectivity index (χ1) is 20.2. The Morgan fingerprint density at radius 1 is 0.634 bits per heavy atom. The fraction of sp³-hybridized carbons (Fsp3) is 0.0513. The Hall–Kier alpha value is -5.21. The monoisotopic (exact) mass is 527 g/mol. The summed E-state index contributed by atoms with van der Waals surface area (Å²) < 4.78 is 4.66. The Labute approximate surface area is 241 Å². The van der Waals surface area contributed by atoms with Crippen LogP contribution in [0.1, 0.15) is 22.3 Å². The lowest BCUT2D eigenvalue weighted by Crippen LogP contribution is -2.09. The van der Waals surface area contributed by atoms with Crippen molar-refractivity contribution in [2.24, 2.45) is 7.05 Å². The molecule has 0 saturated heterocycles. The summed E-state index contributed by atoms with van der Waals surface area (Å²) in [6.07, 6.45) is 4.65. The highest BCUT2D eigenvalue weighted by Gasteiger charge is 2.32. The molecule has 2 heteroatoms. The van der Waals surface area contributed by atoms with Crippen molar-refractivity contribution in [1.82, 2.24) is 4.57 Å². The first-order valence-corrected chi connectivity index (χ1v) is 14.1. The van der Waals surface area contributed by atoms with E-state index in [-0.39, 0.29) is 0 Å². The van der Waals surface area contributed by atoms with Gasteiger partial charge in [0.2, 0.25) is 11.4 Å². The summed E-state index contributed by atoms with van der Waals surface area (Å²) >= 11 is 0. The highest BCUT2D eigenvalue weighted by atomic mass is 15.0. The van der Waals surface area contributed by atoms with E-state index in [1.807, 2.05) is 0 Å². The molecule has 0 unspecified atom stereocenters. The van der Waals surface area contributed by atoms with E-state index in [9.17, 15) is 0 Å². The average Bonchev–Trinajstić information content (AvgIpc) is 3.49. The molecule has 0 spiro atoms. The fourth-order valence-electron chi connectivity index (χ4n) is 6.24. The third kappa shape index (κ3) is 4.25. The van der Waals surface area contributed by atoms with Gasteiger partial charge >= 0.3 is 0 Å². The van der Waals surface area contributed by atoms with Gasteiger partial charge in [-0.15, -0.1) is 0 Å². The predicted molar refractivity (Wildman–Crippen MR) is 173 cm³/mol. The Bertz CT molecular complexity index is 1970. The van der Waals surface area contributed by atoms with E-state index in [1.54, 1.807) is 0 Å². The average molecular weight is 528 g/mol. The van der Waals surface area contributed by atoms with Crippen LogP contribution in [0.25, 0.3) is 33.3 Å². The SMILES string of the molecule is Cn1c(-c2ccccc2)c(/C(=C/C=C2/C(c3ccccc3)=[N+](C)c3ccccc32)c2ccccc2)c2ccccc21. The van der Waals surface area contributed by atoms with Crippen LogP contribution in [-0.4, -0.2) is 21.9 Å². The van der Waals surface area contributed by atoms with Crippen molar-refractivity contribution < 1.29 is 4.58 Å². The molecular weight excluding hydrogens is 496 g/mol. The van der Waals surface area contributed by atoms with E-state index in [0.29, 0.717) is 0 Å². The second-order valence-electron chi connectivity index (χ2n) is 10.5. The smallest absolute Gasteiger partial charge is 0.220 e. The molecule has 196 valence electrons. The van der Waals surface area contributed by atoms with E-state index in [2.05, 4.69) is 175 Å². The Balaban J connectivity index is 1.53. The standard InChI is InChI=1S/C39H31N2/c1-40-35-24-14-12-22-32(35)33(38(40)29-18-8-4-9-19-29)27-26-31(28-16-6-3-7-17-28)37-34-23-13-15-25-36(34)41(2)39(37)30-20-10-5-11-21-30/h3-27H,1-2H3/q+1. The van der Waals surface area contributed by atoms with Crippen molar-refractivity contribution in [3.63, 3.8) is 0 Å². The van der Waals surface area contributed by atoms with Gasteiger partial charge in [0.1, 0.15) is 7.05 Å². The van der Waals surface area contributed by atoms with Crippen molar-refractivity contribution >= 4 is 33.4 Å². The minimum Gasteiger partial charge on any atom is -0.343 e. The summed E-state index contributed by atoms with van der Waals surface area (Å²) in [6.45, 7) is 0. The highest BCUT2D eigenvalue weighted by Crippen LogP contribution is 2.41. The Morgan fingerprint density at radius 2 is 1.22 bits per heavy atom. The third-order valence-electron chi connectivity index (χ3n) is 8.12. The molecule has 0 radical (unpaired) electrons. The Morgan fingerprint density at radius 3 is 1.95 bits per heavy atom. The van der Waals surface area contributed by atoms with Crippen molar-refractivity contribution in [3.8, 4) is 11.3 Å². The third-order valence-corrected chi connectivity index (χ3v) is 8.12. The van der Waals surface area contributed by atoms with E-state index in [4.69, 9.17) is 0 Å². The van der Waals surface area contributed by atoms with Gasteiger partial charge in [-0.1, -0.05) is 115 Å². The van der Waals surface area contributed by atoms with Crippen LogP contribution in [0.3, 0.4) is 0 Å². The highest BCUT2D eigenvalue weighted by molar-refractivity contribution is 6.32. The van der Waals surface area contributed by atoms with Crippen LogP contribution in [0.5, 0.6) is 0 Å². The molecule has 2 heterocycles. The van der Waals surface area contributed by atoms with E-state index in [1.165, 1.54) is 67.0 Å². The molecule has 0 fully saturated rings. The van der Waals surface area contributed by atoms with Gasteiger partial charge in [-0.25, -0.2) is 0 Å². The van der Waals surface area contributed by atoms with Crippen molar-refractivity contribution in [1.29, 1.82) is 0 Å². The van der Waals surface area contributed by atoms with Gasteiger partial charge in [-0.05, 0) is 47.0 Å². The lowest BCUT2D eigenvalue weighted by Gasteiger charge is -2.13. The summed E-state index contributed by atoms with van der Waals surface area (Å²) in [4.78, 5) is 0. The van der Waals surface area contributed by atoms with Crippen LogP contribution in [-0.2, 0) is 7.05 Å². The van der Waals surface area contributed by atoms with Crippen LogP contribution in [0.15, 0.2) is 152 Å². The molecule has 7 rings (SSSR count). The molecule has 0 N–H and O–H groups in total. The molecule has 0 saturated carbocycles. The molecule has 0 atom stereocenters. The lowest BCUT2D eigenvalue weighted by atomic mass is 9.91. The first kappa shape index (κ1) is 24.8. The molecule has 41 heavy (non-hydrogen) atoms. The second-order valence-corrected chi connectivity index (χ2v) is 10.5. The molecule has 1 aromatic heterocycles. The van der Waals surface area contributed by atoms with Gasteiger partial charge in [0, 0.05) is 35.1 Å². The maximum atomic E-state index is 2.34. The molecule has 6 aromatic rings. The number of rotatable bonds is 5. The number of hydrogen-bond donors (Lipinski definition) is 0. The number of hydrogen-bond acceptors (Lipinski definition) is 0.